The van der Waals surface area contributed by atoms with Gasteiger partial charge in [0.1, 0.15) is 11.6 Å². The van der Waals surface area contributed by atoms with Gasteiger partial charge in [-0.15, -0.1) is 0 Å². The molecule has 4 heteroatoms. The van der Waals surface area contributed by atoms with Gasteiger partial charge in [-0.1, -0.05) is 38.4 Å². The summed E-state index contributed by atoms with van der Waals surface area (Å²) in [6.45, 7) is 10.1. The van der Waals surface area contributed by atoms with Gasteiger partial charge in [-0.25, -0.2) is 0 Å². The summed E-state index contributed by atoms with van der Waals surface area (Å²) in [5.41, 5.74) is 4.07. The Morgan fingerprint density at radius 1 is 1.18 bits per heavy atom. The van der Waals surface area contributed by atoms with Crippen LogP contribution in [0.25, 0.3) is 11.3 Å². The van der Waals surface area contributed by atoms with Gasteiger partial charge in [-0.3, -0.25) is 4.79 Å². The summed E-state index contributed by atoms with van der Waals surface area (Å²) in [5, 5.41) is 9.67. The molecule has 0 atom stereocenters. The number of rotatable bonds is 1. The van der Waals surface area contributed by atoms with Crippen LogP contribution in [-0.2, 0) is 5.41 Å². The predicted octanol–water partition coefficient (Wildman–Crippen LogP) is 4.48. The molecule has 1 aromatic carbocycles. The van der Waals surface area contributed by atoms with Crippen molar-refractivity contribution in [2.45, 2.75) is 40.0 Å². The molecule has 0 radical (unpaired) electrons. The molecule has 114 valence electrons. The zero-order valence-electron chi connectivity index (χ0n) is 13.5. The van der Waals surface area contributed by atoms with E-state index in [1.165, 1.54) is 6.07 Å². The molecule has 1 aromatic heterocycles. The average Bonchev–Trinajstić information content (AvgIpc) is 2.39. The Hall–Kier alpha value is -2.05. The molecule has 1 N–H and O–H groups in total. The largest absolute Gasteiger partial charge is 0.357 e. The van der Waals surface area contributed by atoms with E-state index in [1.807, 2.05) is 19.1 Å². The summed E-state index contributed by atoms with van der Waals surface area (Å²) >= 11 is 6.43. The zero-order valence-corrected chi connectivity index (χ0v) is 14.2. The van der Waals surface area contributed by atoms with Gasteiger partial charge in [-0.2, -0.15) is 5.26 Å². The van der Waals surface area contributed by atoms with Gasteiger partial charge in [0, 0.05) is 28.0 Å². The molecular formula is C18H19ClN2O. The Labute approximate surface area is 135 Å². The first-order valence-electron chi connectivity index (χ1n) is 7.10. The van der Waals surface area contributed by atoms with Crippen LogP contribution in [0.3, 0.4) is 0 Å². The minimum atomic E-state index is -0.274. The van der Waals surface area contributed by atoms with E-state index in [-0.39, 0.29) is 16.4 Å². The van der Waals surface area contributed by atoms with Gasteiger partial charge < -0.3 is 4.98 Å². The molecule has 0 aliphatic heterocycles. The molecule has 3 nitrogen and oxygen atoms in total. The smallest absolute Gasteiger partial charge is 0.200 e. The van der Waals surface area contributed by atoms with E-state index in [9.17, 15) is 4.79 Å². The molecule has 2 aromatic rings. The quantitative estimate of drug-likeness (QED) is 0.843. The van der Waals surface area contributed by atoms with Crippen molar-refractivity contribution in [2.24, 2.45) is 0 Å². The van der Waals surface area contributed by atoms with Crippen molar-refractivity contribution >= 4 is 11.6 Å². The van der Waals surface area contributed by atoms with Crippen LogP contribution in [0.1, 0.15) is 43.2 Å². The highest BCUT2D eigenvalue weighted by atomic mass is 35.5. The van der Waals surface area contributed by atoms with Gasteiger partial charge in [0.05, 0.1) is 0 Å². The topological polar surface area (TPSA) is 56.6 Å². The Morgan fingerprint density at radius 3 is 2.32 bits per heavy atom. The summed E-state index contributed by atoms with van der Waals surface area (Å²) in [5.74, 6) is 0. The molecule has 0 bridgehead atoms. The van der Waals surface area contributed by atoms with Crippen LogP contribution >= 0.6 is 11.6 Å². The summed E-state index contributed by atoms with van der Waals surface area (Å²) in [6.07, 6.45) is 0. The Morgan fingerprint density at radius 2 is 1.82 bits per heavy atom. The monoisotopic (exact) mass is 314 g/mol. The van der Waals surface area contributed by atoms with Crippen LogP contribution in [-0.4, -0.2) is 4.98 Å². The number of nitriles is 1. The molecule has 2 rings (SSSR count). The molecule has 0 aliphatic carbocycles. The van der Waals surface area contributed by atoms with Crippen LogP contribution in [0.2, 0.25) is 5.02 Å². The van der Waals surface area contributed by atoms with Crippen molar-refractivity contribution in [2.75, 3.05) is 0 Å². The highest BCUT2D eigenvalue weighted by Crippen LogP contribution is 2.34. The maximum atomic E-state index is 12.0. The third-order valence-corrected chi connectivity index (χ3v) is 4.06. The Kier molecular flexibility index (Phi) is 4.17. The Balaban J connectivity index is 2.68. The number of hydrogen-bond acceptors (Lipinski definition) is 2. The number of aromatic amines is 1. The van der Waals surface area contributed by atoms with Gasteiger partial charge in [0.2, 0.25) is 0 Å². The van der Waals surface area contributed by atoms with Crippen molar-refractivity contribution in [1.82, 2.24) is 4.98 Å². The number of H-pyrrole nitrogens is 1. The van der Waals surface area contributed by atoms with Gasteiger partial charge in [0.25, 0.3) is 0 Å². The van der Waals surface area contributed by atoms with Crippen LogP contribution < -0.4 is 5.43 Å². The second-order valence-electron chi connectivity index (χ2n) is 6.56. The normalized spacial score (nSPS) is 11.3. The molecule has 0 fully saturated rings. The summed E-state index contributed by atoms with van der Waals surface area (Å²) in [7, 11) is 0. The number of aromatic nitrogens is 1. The van der Waals surface area contributed by atoms with E-state index < -0.39 is 0 Å². The minimum Gasteiger partial charge on any atom is -0.357 e. The van der Waals surface area contributed by atoms with Crippen LogP contribution in [0.4, 0.5) is 0 Å². The summed E-state index contributed by atoms with van der Waals surface area (Å²) in [4.78, 5) is 15.1. The standard InChI is InChI=1S/C18H19ClN2O/c1-10-6-14(18(3,4)5)15(19)7-12(10)16-8-17(22)13(9-20)11(2)21-16/h6-8H,1-5H3,(H,21,22). The summed E-state index contributed by atoms with van der Waals surface area (Å²) < 4.78 is 0. The van der Waals surface area contributed by atoms with Gasteiger partial charge in [-0.05, 0) is 36.5 Å². The number of hydrogen-bond donors (Lipinski definition) is 1. The lowest BCUT2D eigenvalue weighted by Gasteiger charge is -2.22. The Bertz CT molecular complexity index is 836. The third-order valence-electron chi connectivity index (χ3n) is 3.74. The van der Waals surface area contributed by atoms with Gasteiger partial charge >= 0.3 is 0 Å². The van der Waals surface area contributed by atoms with Crippen molar-refractivity contribution in [1.29, 1.82) is 5.26 Å². The van der Waals surface area contributed by atoms with Crippen molar-refractivity contribution in [3.05, 3.63) is 55.8 Å². The third kappa shape index (κ3) is 2.93. The zero-order chi connectivity index (χ0) is 16.7. The highest BCUT2D eigenvalue weighted by Gasteiger charge is 2.19. The number of nitrogens with one attached hydrogen (secondary N) is 1. The number of aryl methyl sites for hydroxylation is 2. The number of benzene rings is 1. The lowest BCUT2D eigenvalue weighted by Crippen LogP contribution is -2.13. The van der Waals surface area contributed by atoms with Crippen molar-refractivity contribution in [3.8, 4) is 17.3 Å². The van der Waals surface area contributed by atoms with Gasteiger partial charge in [0.15, 0.2) is 5.43 Å². The van der Waals surface area contributed by atoms with E-state index >= 15 is 0 Å². The highest BCUT2D eigenvalue weighted by molar-refractivity contribution is 6.31. The van der Waals surface area contributed by atoms with E-state index in [4.69, 9.17) is 16.9 Å². The molecule has 0 saturated carbocycles. The first-order chi connectivity index (χ1) is 10.1. The SMILES string of the molecule is Cc1cc(C(C)(C)C)c(Cl)cc1-c1cc(=O)c(C#N)c(C)[nH]1. The molecule has 0 aliphatic rings. The van der Waals surface area contributed by atoms with Crippen LogP contribution in [0.15, 0.2) is 23.0 Å². The molecule has 22 heavy (non-hydrogen) atoms. The van der Waals surface area contributed by atoms with Crippen molar-refractivity contribution < 1.29 is 0 Å². The van der Waals surface area contributed by atoms with E-state index in [1.54, 1.807) is 6.92 Å². The van der Waals surface area contributed by atoms with Crippen LogP contribution in [0, 0.1) is 25.2 Å². The number of nitrogens with zero attached hydrogens (tertiary/aromatic N) is 1. The fourth-order valence-electron chi connectivity index (χ4n) is 2.52. The van der Waals surface area contributed by atoms with E-state index in [0.717, 1.165) is 16.7 Å². The first kappa shape index (κ1) is 16.3. The predicted molar refractivity (Wildman–Crippen MR) is 90.4 cm³/mol. The molecule has 0 unspecified atom stereocenters. The molecule has 0 saturated heterocycles. The fraction of sp³-hybridized carbons (Fsp3) is 0.333. The number of halogens is 1. The second kappa shape index (κ2) is 5.62. The summed E-state index contributed by atoms with van der Waals surface area (Å²) in [6, 6.07) is 7.33. The second-order valence-corrected chi connectivity index (χ2v) is 6.96. The molecular weight excluding hydrogens is 296 g/mol. The molecule has 1 heterocycles. The van der Waals surface area contributed by atoms with E-state index in [0.29, 0.717) is 16.4 Å². The molecule has 0 spiro atoms. The first-order valence-corrected chi connectivity index (χ1v) is 7.48. The minimum absolute atomic E-state index is 0.0473. The lowest BCUT2D eigenvalue weighted by molar-refractivity contribution is 0.590. The maximum absolute atomic E-state index is 12.0. The maximum Gasteiger partial charge on any atom is 0.200 e. The molecule has 0 amide bonds. The van der Waals surface area contributed by atoms with Crippen molar-refractivity contribution in [3.63, 3.8) is 0 Å². The fourth-order valence-corrected chi connectivity index (χ4v) is 2.97. The lowest BCUT2D eigenvalue weighted by atomic mass is 9.85. The average molecular weight is 315 g/mol. The van der Waals surface area contributed by atoms with E-state index in [2.05, 4.69) is 31.8 Å². The van der Waals surface area contributed by atoms with Crippen LogP contribution in [0.5, 0.6) is 0 Å². The number of pyridine rings is 1.